The Bertz CT molecular complexity index is 361. The zero-order valence-corrected chi connectivity index (χ0v) is 11.4. The van der Waals surface area contributed by atoms with Crippen molar-refractivity contribution < 1.29 is 4.74 Å². The SMILES string of the molecule is CCOC1CC(Nc2cc(C)ccc2Br)C1. The molecule has 0 aliphatic heterocycles. The lowest BCUT2D eigenvalue weighted by atomic mass is 9.89. The van der Waals surface area contributed by atoms with Gasteiger partial charge in [-0.15, -0.1) is 0 Å². The molecule has 16 heavy (non-hydrogen) atoms. The lowest BCUT2D eigenvalue weighted by Gasteiger charge is -2.36. The van der Waals surface area contributed by atoms with Crippen LogP contribution in [0.25, 0.3) is 0 Å². The Labute approximate surface area is 106 Å². The van der Waals surface area contributed by atoms with Gasteiger partial charge in [-0.2, -0.15) is 0 Å². The summed E-state index contributed by atoms with van der Waals surface area (Å²) in [6.45, 7) is 4.99. The highest BCUT2D eigenvalue weighted by atomic mass is 79.9. The monoisotopic (exact) mass is 283 g/mol. The smallest absolute Gasteiger partial charge is 0.0614 e. The Morgan fingerprint density at radius 1 is 1.44 bits per heavy atom. The first-order valence-corrected chi connectivity index (χ1v) is 6.62. The standard InChI is InChI=1S/C13H18BrNO/c1-3-16-11-7-10(8-11)15-13-6-9(2)4-5-12(13)14/h4-6,10-11,15H,3,7-8H2,1-2H3. The molecule has 0 radical (unpaired) electrons. The molecule has 0 bridgehead atoms. The van der Waals surface area contributed by atoms with Gasteiger partial charge in [0.25, 0.3) is 0 Å². The van der Waals surface area contributed by atoms with Crippen LogP contribution in [0.4, 0.5) is 5.69 Å². The van der Waals surface area contributed by atoms with E-state index in [9.17, 15) is 0 Å². The summed E-state index contributed by atoms with van der Waals surface area (Å²) in [5.41, 5.74) is 2.48. The summed E-state index contributed by atoms with van der Waals surface area (Å²) in [6, 6.07) is 6.95. The van der Waals surface area contributed by atoms with Gasteiger partial charge in [-0.3, -0.25) is 0 Å². The third-order valence-corrected chi connectivity index (χ3v) is 3.67. The van der Waals surface area contributed by atoms with Gasteiger partial charge in [0.1, 0.15) is 0 Å². The van der Waals surface area contributed by atoms with Crippen molar-refractivity contribution in [3.05, 3.63) is 28.2 Å². The van der Waals surface area contributed by atoms with Crippen molar-refractivity contribution in [2.24, 2.45) is 0 Å². The van der Waals surface area contributed by atoms with Crippen molar-refractivity contribution in [3.8, 4) is 0 Å². The van der Waals surface area contributed by atoms with Crippen LogP contribution in [-0.4, -0.2) is 18.8 Å². The largest absolute Gasteiger partial charge is 0.381 e. The Morgan fingerprint density at radius 3 is 2.88 bits per heavy atom. The zero-order valence-electron chi connectivity index (χ0n) is 9.79. The van der Waals surface area contributed by atoms with E-state index < -0.39 is 0 Å². The average molecular weight is 284 g/mol. The molecule has 0 atom stereocenters. The van der Waals surface area contributed by atoms with Crippen molar-refractivity contribution in [2.45, 2.75) is 38.8 Å². The first-order chi connectivity index (χ1) is 7.69. The highest BCUT2D eigenvalue weighted by Gasteiger charge is 2.29. The minimum absolute atomic E-state index is 0.464. The van der Waals surface area contributed by atoms with Crippen molar-refractivity contribution in [3.63, 3.8) is 0 Å². The van der Waals surface area contributed by atoms with Gasteiger partial charge in [-0.05, 0) is 60.3 Å². The van der Waals surface area contributed by atoms with E-state index in [1.807, 2.05) is 0 Å². The maximum absolute atomic E-state index is 5.55. The van der Waals surface area contributed by atoms with Crippen LogP contribution in [0.15, 0.2) is 22.7 Å². The van der Waals surface area contributed by atoms with Crippen LogP contribution in [0.3, 0.4) is 0 Å². The minimum atomic E-state index is 0.464. The molecule has 1 aliphatic rings. The molecule has 0 spiro atoms. The lowest BCUT2D eigenvalue weighted by molar-refractivity contribution is 0.00298. The molecule has 0 heterocycles. The predicted molar refractivity (Wildman–Crippen MR) is 70.9 cm³/mol. The Balaban J connectivity index is 1.89. The van der Waals surface area contributed by atoms with Gasteiger partial charge in [-0.25, -0.2) is 0 Å². The maximum Gasteiger partial charge on any atom is 0.0614 e. The topological polar surface area (TPSA) is 21.3 Å². The average Bonchev–Trinajstić information content (AvgIpc) is 2.20. The summed E-state index contributed by atoms with van der Waals surface area (Å²) in [5.74, 6) is 0. The second-order valence-corrected chi connectivity index (χ2v) is 5.23. The first kappa shape index (κ1) is 11.9. The fourth-order valence-electron chi connectivity index (χ4n) is 2.02. The minimum Gasteiger partial charge on any atom is -0.381 e. The number of anilines is 1. The van der Waals surface area contributed by atoms with Crippen LogP contribution in [0, 0.1) is 6.92 Å². The van der Waals surface area contributed by atoms with Crippen LogP contribution in [0.5, 0.6) is 0 Å². The van der Waals surface area contributed by atoms with Crippen LogP contribution in [0.2, 0.25) is 0 Å². The number of benzene rings is 1. The summed E-state index contributed by atoms with van der Waals surface area (Å²) in [7, 11) is 0. The molecule has 1 aromatic rings. The Hall–Kier alpha value is -0.540. The number of halogens is 1. The molecule has 0 saturated heterocycles. The van der Waals surface area contributed by atoms with Gasteiger partial charge < -0.3 is 10.1 Å². The fraction of sp³-hybridized carbons (Fsp3) is 0.538. The summed E-state index contributed by atoms with van der Waals surface area (Å²) < 4.78 is 6.68. The van der Waals surface area contributed by atoms with E-state index in [4.69, 9.17) is 4.74 Å². The second-order valence-electron chi connectivity index (χ2n) is 4.37. The highest BCUT2D eigenvalue weighted by molar-refractivity contribution is 9.10. The molecule has 1 aromatic carbocycles. The molecular formula is C13H18BrNO. The van der Waals surface area contributed by atoms with E-state index in [1.54, 1.807) is 0 Å². The van der Waals surface area contributed by atoms with E-state index in [1.165, 1.54) is 11.3 Å². The molecule has 0 amide bonds. The molecule has 88 valence electrons. The van der Waals surface area contributed by atoms with E-state index in [0.717, 1.165) is 23.9 Å². The first-order valence-electron chi connectivity index (χ1n) is 5.83. The van der Waals surface area contributed by atoms with Crippen LogP contribution < -0.4 is 5.32 Å². The van der Waals surface area contributed by atoms with E-state index in [0.29, 0.717) is 12.1 Å². The quantitative estimate of drug-likeness (QED) is 0.909. The second kappa shape index (κ2) is 5.19. The maximum atomic E-state index is 5.55. The normalized spacial score (nSPS) is 23.9. The van der Waals surface area contributed by atoms with E-state index in [2.05, 4.69) is 53.3 Å². The molecule has 1 N–H and O–H groups in total. The summed E-state index contributed by atoms with van der Waals surface area (Å²) in [4.78, 5) is 0. The molecule has 2 rings (SSSR count). The third kappa shape index (κ3) is 2.77. The Kier molecular flexibility index (Phi) is 3.87. The molecule has 1 fully saturated rings. The number of ether oxygens (including phenoxy) is 1. The van der Waals surface area contributed by atoms with Gasteiger partial charge in [-0.1, -0.05) is 6.07 Å². The van der Waals surface area contributed by atoms with Gasteiger partial charge in [0.2, 0.25) is 0 Å². The number of rotatable bonds is 4. The molecule has 3 heteroatoms. The van der Waals surface area contributed by atoms with Crippen molar-refractivity contribution in [1.29, 1.82) is 0 Å². The molecule has 0 aromatic heterocycles. The van der Waals surface area contributed by atoms with Crippen molar-refractivity contribution >= 4 is 21.6 Å². The number of aryl methyl sites for hydroxylation is 1. The summed E-state index contributed by atoms with van der Waals surface area (Å²) >= 11 is 3.56. The fourth-order valence-corrected chi connectivity index (χ4v) is 2.39. The van der Waals surface area contributed by atoms with Crippen LogP contribution in [0.1, 0.15) is 25.3 Å². The molecule has 2 nitrogen and oxygen atoms in total. The van der Waals surface area contributed by atoms with Gasteiger partial charge in [0.05, 0.1) is 6.10 Å². The highest BCUT2D eigenvalue weighted by Crippen LogP contribution is 2.30. The lowest BCUT2D eigenvalue weighted by Crippen LogP contribution is -2.40. The number of nitrogens with one attached hydrogen (secondary N) is 1. The van der Waals surface area contributed by atoms with Gasteiger partial charge in [0, 0.05) is 22.8 Å². The summed E-state index contributed by atoms with van der Waals surface area (Å²) in [6.07, 6.45) is 2.70. The van der Waals surface area contributed by atoms with Crippen molar-refractivity contribution in [2.75, 3.05) is 11.9 Å². The summed E-state index contributed by atoms with van der Waals surface area (Å²) in [5, 5.41) is 3.55. The Morgan fingerprint density at radius 2 is 2.19 bits per heavy atom. The van der Waals surface area contributed by atoms with Gasteiger partial charge >= 0.3 is 0 Å². The number of hydrogen-bond donors (Lipinski definition) is 1. The van der Waals surface area contributed by atoms with Crippen LogP contribution in [-0.2, 0) is 4.74 Å². The molecule has 0 unspecified atom stereocenters. The zero-order chi connectivity index (χ0) is 11.5. The number of hydrogen-bond acceptors (Lipinski definition) is 2. The third-order valence-electron chi connectivity index (χ3n) is 2.98. The molecule has 1 aliphatic carbocycles. The van der Waals surface area contributed by atoms with E-state index in [-0.39, 0.29) is 0 Å². The van der Waals surface area contributed by atoms with Gasteiger partial charge in [0.15, 0.2) is 0 Å². The molecule has 1 saturated carbocycles. The predicted octanol–water partition coefficient (Wildman–Crippen LogP) is 3.74. The van der Waals surface area contributed by atoms with Crippen molar-refractivity contribution in [1.82, 2.24) is 0 Å². The van der Waals surface area contributed by atoms with Crippen LogP contribution >= 0.6 is 15.9 Å². The molecular weight excluding hydrogens is 266 g/mol. The van der Waals surface area contributed by atoms with E-state index >= 15 is 0 Å².